The Morgan fingerprint density at radius 3 is 2.84 bits per heavy atom. The number of hydrogen-bond acceptors (Lipinski definition) is 4. The molecule has 136 valence electrons. The quantitative estimate of drug-likeness (QED) is 0.850. The molecule has 4 heteroatoms. The van der Waals surface area contributed by atoms with Gasteiger partial charge in [-0.15, -0.1) is 0 Å². The molecule has 0 radical (unpaired) electrons. The maximum absolute atomic E-state index is 10.5. The number of nitrogens with zero attached hydrogens (tertiary/aromatic N) is 1. The number of aromatic hydroxyl groups is 1. The van der Waals surface area contributed by atoms with Gasteiger partial charge in [0.05, 0.1) is 11.7 Å². The number of hydrogen-bond donors (Lipinski definition) is 1. The van der Waals surface area contributed by atoms with Crippen molar-refractivity contribution in [2.45, 2.75) is 75.7 Å². The summed E-state index contributed by atoms with van der Waals surface area (Å²) in [5.74, 6) is 1.65. The third kappa shape index (κ3) is 2.01. The Morgan fingerprint density at radius 2 is 2.08 bits per heavy atom. The summed E-state index contributed by atoms with van der Waals surface area (Å²) in [7, 11) is 2.27. The largest absolute Gasteiger partial charge is 0.504 e. The minimum Gasteiger partial charge on any atom is -0.504 e. The Bertz CT molecular complexity index is 725. The van der Waals surface area contributed by atoms with E-state index in [4.69, 9.17) is 9.47 Å². The molecule has 2 aliphatic carbocycles. The van der Waals surface area contributed by atoms with Crippen molar-refractivity contribution in [3.63, 3.8) is 0 Å². The average molecular weight is 343 g/mol. The van der Waals surface area contributed by atoms with Crippen molar-refractivity contribution in [3.05, 3.63) is 23.3 Å². The summed E-state index contributed by atoms with van der Waals surface area (Å²) in [6.07, 6.45) is 4.53. The van der Waals surface area contributed by atoms with Gasteiger partial charge in [-0.2, -0.15) is 0 Å². The zero-order chi connectivity index (χ0) is 17.6. The van der Waals surface area contributed by atoms with E-state index in [1.165, 1.54) is 17.5 Å². The van der Waals surface area contributed by atoms with Gasteiger partial charge in [-0.05, 0) is 77.6 Å². The molecule has 2 bridgehead atoms. The number of likely N-dealkylation sites (N-methyl/N-ethyl adjacent to an activating group) is 1. The van der Waals surface area contributed by atoms with Crippen LogP contribution in [0.15, 0.2) is 12.1 Å². The number of rotatable bonds is 1. The lowest BCUT2D eigenvalue weighted by Gasteiger charge is -2.59. The molecule has 1 saturated heterocycles. The molecule has 1 aromatic carbocycles. The van der Waals surface area contributed by atoms with Crippen molar-refractivity contribution < 1.29 is 14.6 Å². The highest BCUT2D eigenvalue weighted by molar-refractivity contribution is 5.60. The molecule has 4 nitrogen and oxygen atoms in total. The topological polar surface area (TPSA) is 41.9 Å². The van der Waals surface area contributed by atoms with E-state index in [1.807, 2.05) is 6.07 Å². The molecule has 0 unspecified atom stereocenters. The summed E-state index contributed by atoms with van der Waals surface area (Å²) in [5.41, 5.74) is 2.53. The summed E-state index contributed by atoms with van der Waals surface area (Å²) in [6.45, 7) is 7.47. The Kier molecular flexibility index (Phi) is 3.14. The number of phenolic OH excluding ortho intramolecular Hbond substituents is 1. The van der Waals surface area contributed by atoms with E-state index in [2.05, 4.69) is 38.8 Å². The first-order valence-corrected chi connectivity index (χ1v) is 9.71. The van der Waals surface area contributed by atoms with Gasteiger partial charge in [-0.25, -0.2) is 0 Å². The van der Waals surface area contributed by atoms with E-state index >= 15 is 0 Å². The third-order valence-electron chi connectivity index (χ3n) is 7.05. The highest BCUT2D eigenvalue weighted by Gasteiger charge is 2.65. The molecule has 5 rings (SSSR count). The summed E-state index contributed by atoms with van der Waals surface area (Å²) in [5, 5.41) is 10.5. The van der Waals surface area contributed by atoms with Gasteiger partial charge < -0.3 is 19.5 Å². The number of ether oxygens (including phenoxy) is 2. The summed E-state index contributed by atoms with van der Waals surface area (Å²) in [4.78, 5) is 2.55. The Hall–Kier alpha value is -1.26. The van der Waals surface area contributed by atoms with Crippen LogP contribution in [0.1, 0.15) is 51.2 Å². The fourth-order valence-electron chi connectivity index (χ4n) is 6.26. The molecule has 25 heavy (non-hydrogen) atoms. The van der Waals surface area contributed by atoms with Gasteiger partial charge in [-0.3, -0.25) is 0 Å². The SMILES string of the molecule is CN1CC[C@]23c4c5ccc(O)c4O[C@H]2[C@@H](OC(C)(C)C)CC[C@H]3[C@H]1C5. The molecule has 5 atom stereocenters. The molecule has 1 spiro atoms. The second-order valence-corrected chi connectivity index (χ2v) is 9.48. The fourth-order valence-corrected chi connectivity index (χ4v) is 6.26. The smallest absolute Gasteiger partial charge is 0.165 e. The van der Waals surface area contributed by atoms with Crippen molar-refractivity contribution in [1.82, 2.24) is 4.90 Å². The lowest BCUT2D eigenvalue weighted by molar-refractivity contribution is -0.161. The summed E-state index contributed by atoms with van der Waals surface area (Å²) < 4.78 is 13.0. The minimum atomic E-state index is -0.184. The zero-order valence-electron chi connectivity index (χ0n) is 15.7. The van der Waals surface area contributed by atoms with E-state index in [0.29, 0.717) is 17.7 Å². The van der Waals surface area contributed by atoms with Crippen LogP contribution in [0, 0.1) is 5.92 Å². The molecule has 0 aromatic heterocycles. The normalized spacial score (nSPS) is 39.0. The van der Waals surface area contributed by atoms with Crippen LogP contribution in [0.2, 0.25) is 0 Å². The molecular weight excluding hydrogens is 314 g/mol. The average Bonchev–Trinajstić information content (AvgIpc) is 2.88. The van der Waals surface area contributed by atoms with E-state index in [-0.39, 0.29) is 23.2 Å². The van der Waals surface area contributed by atoms with E-state index in [1.54, 1.807) is 0 Å². The van der Waals surface area contributed by atoms with Crippen molar-refractivity contribution in [2.24, 2.45) is 5.92 Å². The van der Waals surface area contributed by atoms with Gasteiger partial charge >= 0.3 is 0 Å². The molecule has 2 fully saturated rings. The lowest BCUT2D eigenvalue weighted by Crippen LogP contribution is -2.66. The van der Waals surface area contributed by atoms with Gasteiger partial charge in [0.25, 0.3) is 0 Å². The maximum atomic E-state index is 10.5. The molecule has 1 N–H and O–H groups in total. The molecule has 0 amide bonds. The van der Waals surface area contributed by atoms with Gasteiger partial charge in [0.1, 0.15) is 6.10 Å². The van der Waals surface area contributed by atoms with Gasteiger partial charge in [0.2, 0.25) is 0 Å². The van der Waals surface area contributed by atoms with Crippen LogP contribution in [-0.2, 0) is 16.6 Å². The van der Waals surface area contributed by atoms with Gasteiger partial charge in [-0.1, -0.05) is 6.07 Å². The minimum absolute atomic E-state index is 0.0208. The van der Waals surface area contributed by atoms with Crippen LogP contribution < -0.4 is 4.74 Å². The fraction of sp³-hybridized carbons (Fsp3) is 0.714. The standard InChI is InChI=1S/C21H29NO3/c1-20(2,3)25-16-8-6-13-14-11-12-5-7-15(23)18-17(12)21(13,19(16)24-18)9-10-22(14)4/h5,7,13-14,16,19,23H,6,8-11H2,1-4H3/t13-,14+,16-,19-,21-/m0/s1. The Balaban J connectivity index is 1.68. The summed E-state index contributed by atoms with van der Waals surface area (Å²) in [6, 6.07) is 4.52. The molecule has 2 aliphatic heterocycles. The molecule has 1 saturated carbocycles. The summed E-state index contributed by atoms with van der Waals surface area (Å²) >= 11 is 0. The third-order valence-corrected chi connectivity index (χ3v) is 7.05. The van der Waals surface area contributed by atoms with Crippen LogP contribution in [0.5, 0.6) is 11.5 Å². The van der Waals surface area contributed by atoms with Crippen LogP contribution in [0.25, 0.3) is 0 Å². The van der Waals surface area contributed by atoms with E-state index < -0.39 is 0 Å². The predicted octanol–water partition coefficient (Wildman–Crippen LogP) is 3.24. The highest BCUT2D eigenvalue weighted by atomic mass is 16.6. The first kappa shape index (κ1) is 16.0. The zero-order valence-corrected chi connectivity index (χ0v) is 15.7. The van der Waals surface area contributed by atoms with E-state index in [0.717, 1.165) is 31.6 Å². The maximum Gasteiger partial charge on any atom is 0.165 e. The number of benzene rings is 1. The molecular formula is C21H29NO3. The Morgan fingerprint density at radius 1 is 1.28 bits per heavy atom. The van der Waals surface area contributed by atoms with Crippen LogP contribution >= 0.6 is 0 Å². The second-order valence-electron chi connectivity index (χ2n) is 9.48. The number of likely N-dealkylation sites (tertiary alicyclic amines) is 1. The first-order valence-electron chi connectivity index (χ1n) is 9.71. The highest BCUT2D eigenvalue weighted by Crippen LogP contribution is 2.64. The molecule has 4 aliphatic rings. The van der Waals surface area contributed by atoms with Gasteiger partial charge in [0.15, 0.2) is 11.5 Å². The monoisotopic (exact) mass is 343 g/mol. The van der Waals surface area contributed by atoms with Crippen LogP contribution in [0.4, 0.5) is 0 Å². The van der Waals surface area contributed by atoms with Crippen LogP contribution in [0.3, 0.4) is 0 Å². The second kappa shape index (κ2) is 4.92. The predicted molar refractivity (Wildman–Crippen MR) is 96.3 cm³/mol. The number of phenols is 1. The van der Waals surface area contributed by atoms with Crippen molar-refractivity contribution in [2.75, 3.05) is 13.6 Å². The molecule has 2 heterocycles. The first-order chi connectivity index (χ1) is 11.8. The van der Waals surface area contributed by atoms with E-state index in [9.17, 15) is 5.11 Å². The molecule has 1 aromatic rings. The van der Waals surface area contributed by atoms with Crippen LogP contribution in [-0.4, -0.2) is 47.4 Å². The van der Waals surface area contributed by atoms with Crippen molar-refractivity contribution in [1.29, 1.82) is 0 Å². The number of piperidine rings is 1. The van der Waals surface area contributed by atoms with Crippen molar-refractivity contribution >= 4 is 0 Å². The Labute approximate surface area is 150 Å². The van der Waals surface area contributed by atoms with Crippen molar-refractivity contribution in [3.8, 4) is 11.5 Å². The lowest BCUT2D eigenvalue weighted by atomic mass is 9.51. The van der Waals surface area contributed by atoms with Gasteiger partial charge in [0, 0.05) is 17.0 Å².